The molecule has 7 heteroatoms. The molecule has 0 aliphatic rings. The zero-order valence-corrected chi connectivity index (χ0v) is 9.42. The van der Waals surface area contributed by atoms with E-state index in [0.717, 1.165) is 0 Å². The van der Waals surface area contributed by atoms with Crippen LogP contribution in [0.1, 0.15) is 0 Å². The van der Waals surface area contributed by atoms with Gasteiger partial charge >= 0.3 is 73.3 Å². The van der Waals surface area contributed by atoms with Crippen LogP contribution in [0.25, 0.3) is 0 Å². The molecular formula is H2BCaLaO4+2. The Labute approximate surface area is 99.4 Å². The van der Waals surface area contributed by atoms with Crippen molar-refractivity contribution >= 4 is 45.1 Å². The Morgan fingerprint density at radius 1 is 1.00 bits per heavy atom. The van der Waals surface area contributed by atoms with Gasteiger partial charge in [0.2, 0.25) is 0 Å². The fourth-order valence-electron chi connectivity index (χ4n) is 0. The first-order valence-electron chi connectivity index (χ1n) is 0.707. The summed E-state index contributed by atoms with van der Waals surface area (Å²) in [4.78, 5) is 0. The van der Waals surface area contributed by atoms with Gasteiger partial charge in [0.1, 0.15) is 0 Å². The maximum atomic E-state index is 8.42. The van der Waals surface area contributed by atoms with E-state index in [4.69, 9.17) is 15.1 Å². The smallest absolute Gasteiger partial charge is 0.907 e. The molecule has 0 fully saturated rings. The van der Waals surface area contributed by atoms with E-state index in [9.17, 15) is 0 Å². The van der Waals surface area contributed by atoms with Crippen molar-refractivity contribution in [2.75, 3.05) is 0 Å². The molecule has 0 aromatic carbocycles. The molecule has 7 heavy (non-hydrogen) atoms. The van der Waals surface area contributed by atoms with Crippen molar-refractivity contribution < 1.29 is 56.1 Å². The summed E-state index contributed by atoms with van der Waals surface area (Å²) in [5, 5.41) is 25.2. The van der Waals surface area contributed by atoms with Crippen LogP contribution in [0, 0.1) is 35.6 Å². The van der Waals surface area contributed by atoms with Gasteiger partial charge in [0.05, 0.1) is 0 Å². The molecule has 0 aromatic rings. The van der Waals surface area contributed by atoms with Crippen molar-refractivity contribution in [1.29, 1.82) is 0 Å². The standard InChI is InChI=1S/BO3.Ca.La.H2O/c2-1(3)4;;;/h;;;1H2/q-3;+2;+3;. The number of hydrogen-bond acceptors (Lipinski definition) is 3. The zero-order valence-electron chi connectivity index (χ0n) is 3.59. The summed E-state index contributed by atoms with van der Waals surface area (Å²) < 4.78 is 0. The molecule has 0 saturated carbocycles. The molecule has 0 rings (SSSR count). The second-order valence-electron chi connectivity index (χ2n) is 0.289. The second kappa shape index (κ2) is 15.8. The molecular weight excluding hydrogens is 254 g/mol. The predicted octanol–water partition coefficient (Wildman–Crippen LogP) is -5.15. The third kappa shape index (κ3) is 60.7. The van der Waals surface area contributed by atoms with E-state index in [-0.39, 0.29) is 78.8 Å². The van der Waals surface area contributed by atoms with E-state index in [1.54, 1.807) is 0 Å². The molecule has 0 heterocycles. The molecule has 0 aromatic heterocycles. The Morgan fingerprint density at radius 2 is 1.00 bits per heavy atom. The fraction of sp³-hybridized carbons (Fsp3) is 0. The van der Waals surface area contributed by atoms with Crippen LogP contribution in [0.2, 0.25) is 0 Å². The van der Waals surface area contributed by atoms with E-state index in [1.807, 2.05) is 0 Å². The van der Waals surface area contributed by atoms with E-state index in [2.05, 4.69) is 0 Å². The molecule has 2 N–H and O–H groups in total. The van der Waals surface area contributed by atoms with Gasteiger partial charge in [0.15, 0.2) is 0 Å². The minimum absolute atomic E-state index is 0. The maximum Gasteiger partial charge on any atom is 3.00 e. The molecule has 0 amide bonds. The average molecular weight is 256 g/mol. The summed E-state index contributed by atoms with van der Waals surface area (Å²) in [7, 11) is -2.92. The minimum Gasteiger partial charge on any atom is -0.907 e. The van der Waals surface area contributed by atoms with Crippen molar-refractivity contribution in [3.8, 4) is 0 Å². The van der Waals surface area contributed by atoms with E-state index in [1.165, 1.54) is 0 Å². The van der Waals surface area contributed by atoms with E-state index in [0.29, 0.717) is 0 Å². The molecule has 0 unspecified atom stereocenters. The summed E-state index contributed by atoms with van der Waals surface area (Å²) in [5.74, 6) is 0. The molecule has 32 valence electrons. The molecule has 0 saturated heterocycles. The molecule has 0 bridgehead atoms. The van der Waals surface area contributed by atoms with Crippen molar-refractivity contribution in [2.24, 2.45) is 0 Å². The van der Waals surface area contributed by atoms with Gasteiger partial charge in [-0.25, -0.2) is 0 Å². The summed E-state index contributed by atoms with van der Waals surface area (Å²) in [6.07, 6.45) is 0. The number of hydrogen-bond donors (Lipinski definition) is 0. The van der Waals surface area contributed by atoms with Gasteiger partial charge in [0, 0.05) is 0 Å². The van der Waals surface area contributed by atoms with Gasteiger partial charge < -0.3 is 20.5 Å². The Hall–Kier alpha value is 2.36. The van der Waals surface area contributed by atoms with Crippen molar-refractivity contribution in [3.63, 3.8) is 0 Å². The topological polar surface area (TPSA) is 101 Å². The second-order valence-corrected chi connectivity index (χ2v) is 0.289. The van der Waals surface area contributed by atoms with Crippen LogP contribution in [0.4, 0.5) is 0 Å². The summed E-state index contributed by atoms with van der Waals surface area (Å²) in [6, 6.07) is 0. The van der Waals surface area contributed by atoms with Crippen LogP contribution in [-0.4, -0.2) is 50.5 Å². The van der Waals surface area contributed by atoms with Gasteiger partial charge in [-0.1, -0.05) is 0 Å². The maximum absolute atomic E-state index is 8.42. The fourth-order valence-corrected chi connectivity index (χ4v) is 0. The summed E-state index contributed by atoms with van der Waals surface area (Å²) in [5.41, 5.74) is 0. The average Bonchev–Trinajstić information content (AvgIpc) is 0.811. The minimum atomic E-state index is -2.92. The Kier molecular flexibility index (Phi) is 51.3. The SMILES string of the molecule is O.[Ca+2].[La+3].[O-]B([O-])[O-]. The Morgan fingerprint density at radius 3 is 1.00 bits per heavy atom. The Bertz CT molecular complexity index is 16.4. The van der Waals surface area contributed by atoms with Gasteiger partial charge in [-0.3, -0.25) is 7.32 Å². The zero-order chi connectivity index (χ0) is 3.58. The largest absolute Gasteiger partial charge is 3.00 e. The molecule has 0 atom stereocenters. The van der Waals surface area contributed by atoms with E-state index >= 15 is 0 Å². The first kappa shape index (κ1) is 22.8. The van der Waals surface area contributed by atoms with Crippen molar-refractivity contribution in [2.45, 2.75) is 0 Å². The van der Waals surface area contributed by atoms with Gasteiger partial charge in [-0.15, -0.1) is 0 Å². The third-order valence-electron chi connectivity index (χ3n) is 0. The molecule has 0 radical (unpaired) electrons. The van der Waals surface area contributed by atoms with Crippen LogP contribution >= 0.6 is 0 Å². The number of rotatable bonds is 0. The Balaban J connectivity index is -0.0000000150. The quantitative estimate of drug-likeness (QED) is 0.405. The van der Waals surface area contributed by atoms with Crippen LogP contribution in [-0.2, 0) is 0 Å². The normalized spacial score (nSPS) is 3.86. The first-order chi connectivity index (χ1) is 1.73. The molecule has 0 aliphatic heterocycles. The van der Waals surface area contributed by atoms with Gasteiger partial charge in [-0.05, 0) is 0 Å². The van der Waals surface area contributed by atoms with Crippen LogP contribution in [0.5, 0.6) is 0 Å². The van der Waals surface area contributed by atoms with Crippen molar-refractivity contribution in [1.82, 2.24) is 0 Å². The first-order valence-corrected chi connectivity index (χ1v) is 0.707. The monoisotopic (exact) mass is 256 g/mol. The predicted molar refractivity (Wildman–Crippen MR) is 15.1 cm³/mol. The summed E-state index contributed by atoms with van der Waals surface area (Å²) >= 11 is 0. The van der Waals surface area contributed by atoms with Gasteiger partial charge in [-0.2, -0.15) is 0 Å². The molecule has 0 aliphatic carbocycles. The van der Waals surface area contributed by atoms with Crippen LogP contribution < -0.4 is 15.1 Å². The molecule has 0 spiro atoms. The van der Waals surface area contributed by atoms with Crippen molar-refractivity contribution in [3.05, 3.63) is 0 Å². The third-order valence-corrected chi connectivity index (χ3v) is 0. The van der Waals surface area contributed by atoms with Crippen LogP contribution in [0.3, 0.4) is 0 Å². The van der Waals surface area contributed by atoms with E-state index < -0.39 is 7.32 Å². The molecule has 4 nitrogen and oxygen atoms in total. The van der Waals surface area contributed by atoms with Gasteiger partial charge in [0.25, 0.3) is 0 Å². The van der Waals surface area contributed by atoms with Crippen LogP contribution in [0.15, 0.2) is 0 Å². The summed E-state index contributed by atoms with van der Waals surface area (Å²) in [6.45, 7) is 0.